The van der Waals surface area contributed by atoms with E-state index in [9.17, 15) is 27.3 Å². The van der Waals surface area contributed by atoms with Gasteiger partial charge in [-0.25, -0.2) is 26.7 Å². The molecule has 4 aromatic rings. The molecule has 0 radical (unpaired) electrons. The van der Waals surface area contributed by atoms with Crippen LogP contribution in [-0.2, 0) is 22.3 Å². The van der Waals surface area contributed by atoms with Crippen molar-refractivity contribution >= 4 is 28.4 Å². The van der Waals surface area contributed by atoms with Crippen LogP contribution in [0.4, 0.5) is 19.0 Å². The summed E-state index contributed by atoms with van der Waals surface area (Å²) in [6, 6.07) is 8.72. The minimum atomic E-state index is -2.81. The number of aromatic nitrogens is 4. The van der Waals surface area contributed by atoms with Crippen LogP contribution in [0.5, 0.6) is 0 Å². The third-order valence-electron chi connectivity index (χ3n) is 8.50. The molecule has 3 aromatic heterocycles. The molecule has 0 spiro atoms. The molecule has 2 unspecified atom stereocenters. The van der Waals surface area contributed by atoms with Gasteiger partial charge < -0.3 is 10.0 Å². The lowest BCUT2D eigenvalue weighted by Crippen LogP contribution is -2.45. The molecule has 2 aliphatic rings. The van der Waals surface area contributed by atoms with Crippen LogP contribution in [0.25, 0.3) is 5.65 Å². The molecule has 2 aliphatic heterocycles. The number of hydrogen-bond donors (Lipinski definition) is 1. The second-order valence-corrected chi connectivity index (χ2v) is 12.6. The molecule has 0 amide bonds. The van der Waals surface area contributed by atoms with E-state index in [1.54, 1.807) is 13.0 Å². The number of hydrogen-bond acceptors (Lipinski definition) is 6. The highest BCUT2D eigenvalue weighted by molar-refractivity contribution is 7.82. The first kappa shape index (κ1) is 29.2. The van der Waals surface area contributed by atoms with E-state index in [2.05, 4.69) is 20.1 Å². The fourth-order valence-electron chi connectivity index (χ4n) is 6.28. The van der Waals surface area contributed by atoms with Crippen LogP contribution >= 0.6 is 0 Å². The van der Waals surface area contributed by atoms with E-state index in [-0.39, 0.29) is 18.1 Å². The number of carboxylic acid groups (broad SMARTS) is 1. The molecule has 1 fully saturated rings. The maximum Gasteiger partial charge on any atom is 0.304 e. The zero-order valence-corrected chi connectivity index (χ0v) is 24.5. The van der Waals surface area contributed by atoms with Crippen molar-refractivity contribution in [2.45, 2.75) is 69.4 Å². The summed E-state index contributed by atoms with van der Waals surface area (Å²) in [7, 11) is -1.67. The summed E-state index contributed by atoms with van der Waals surface area (Å²) in [5.74, 6) is -2.07. The van der Waals surface area contributed by atoms with Gasteiger partial charge in [-0.2, -0.15) is 0 Å². The monoisotopic (exact) mass is 612 g/mol. The zero-order valence-electron chi connectivity index (χ0n) is 23.7. The minimum absolute atomic E-state index is 0.0795. The van der Waals surface area contributed by atoms with Gasteiger partial charge in [0.15, 0.2) is 5.65 Å². The van der Waals surface area contributed by atoms with Crippen molar-refractivity contribution in [3.63, 3.8) is 0 Å². The molecule has 5 heterocycles. The van der Waals surface area contributed by atoms with E-state index >= 15 is 0 Å². The van der Waals surface area contributed by atoms with E-state index in [4.69, 9.17) is 0 Å². The number of halogens is 3. The smallest absolute Gasteiger partial charge is 0.304 e. The molecular weight excluding hydrogens is 581 g/mol. The summed E-state index contributed by atoms with van der Waals surface area (Å²) in [5.41, 5.74) is 3.96. The molecule has 13 heteroatoms. The number of rotatable bonds is 7. The van der Waals surface area contributed by atoms with E-state index in [0.29, 0.717) is 34.9 Å². The van der Waals surface area contributed by atoms with Crippen molar-refractivity contribution in [2.75, 3.05) is 18.0 Å². The van der Waals surface area contributed by atoms with Gasteiger partial charge in [0.05, 0.1) is 17.5 Å². The highest BCUT2D eigenvalue weighted by atomic mass is 32.2. The number of nitrogens with zero attached hydrogens (tertiary/aromatic N) is 6. The number of pyridine rings is 2. The number of carbonyl (C=O) groups is 1. The van der Waals surface area contributed by atoms with Crippen LogP contribution in [0.2, 0.25) is 0 Å². The standard InChI is InChI=1S/C30H31F3N6O3S/c1-17-6-7-19(24(13-26(40)41)23-8-10-39-28(18(23)2)35-36-30(39)27(32)33)11-20(17)15-37-16-22-5-3-4-9-38(22)29-25(43(37)42)12-21(31)14-34-29/h6-8,10-12,14,22,24,27H,3-5,9,13,15-16H2,1-2H3,(H,40,41)/t22?,24-,43?/m0/s1. The van der Waals surface area contributed by atoms with Gasteiger partial charge in [-0.3, -0.25) is 9.20 Å². The third-order valence-corrected chi connectivity index (χ3v) is 9.92. The SMILES string of the molecule is Cc1ccc([C@H](CC(=O)O)c2ccn3c(C(F)F)nnc3c2C)cc1CN1CC2CCCCN2c2ncc(F)cc2S1=O. The fourth-order valence-corrected chi connectivity index (χ4v) is 7.67. The number of benzene rings is 1. The van der Waals surface area contributed by atoms with E-state index in [0.717, 1.165) is 42.5 Å². The number of anilines is 1. The quantitative estimate of drug-likeness (QED) is 0.301. The normalized spacial score (nSPS) is 19.7. The summed E-state index contributed by atoms with van der Waals surface area (Å²) >= 11 is 0. The van der Waals surface area contributed by atoms with Crippen molar-refractivity contribution < 1.29 is 27.3 Å². The predicted molar refractivity (Wildman–Crippen MR) is 154 cm³/mol. The highest BCUT2D eigenvalue weighted by Crippen LogP contribution is 2.36. The summed E-state index contributed by atoms with van der Waals surface area (Å²) in [6.45, 7) is 5.22. The Balaban J connectivity index is 1.37. The molecule has 6 rings (SSSR count). The topological polar surface area (TPSA) is 104 Å². The Hall–Kier alpha value is -3.84. The zero-order chi connectivity index (χ0) is 30.4. The van der Waals surface area contributed by atoms with E-state index < -0.39 is 40.9 Å². The van der Waals surface area contributed by atoms with E-state index in [1.807, 2.05) is 29.4 Å². The first-order chi connectivity index (χ1) is 20.6. The molecule has 1 saturated heterocycles. The Bertz CT molecular complexity index is 1730. The Morgan fingerprint density at radius 3 is 2.74 bits per heavy atom. The molecule has 9 nitrogen and oxygen atoms in total. The number of piperidine rings is 1. The summed E-state index contributed by atoms with van der Waals surface area (Å²) in [5, 5.41) is 17.4. The molecule has 1 aromatic carbocycles. The van der Waals surface area contributed by atoms with Gasteiger partial charge in [-0.15, -0.1) is 10.2 Å². The van der Waals surface area contributed by atoms with Gasteiger partial charge >= 0.3 is 5.97 Å². The van der Waals surface area contributed by atoms with Crippen molar-refractivity contribution in [2.24, 2.45) is 0 Å². The first-order valence-corrected chi connectivity index (χ1v) is 15.3. The van der Waals surface area contributed by atoms with Gasteiger partial charge in [-0.05, 0) is 73.1 Å². The van der Waals surface area contributed by atoms with Gasteiger partial charge in [0.1, 0.15) is 22.6 Å². The molecule has 0 aliphatic carbocycles. The lowest BCUT2D eigenvalue weighted by Gasteiger charge is -2.36. The van der Waals surface area contributed by atoms with Crippen LogP contribution in [0.3, 0.4) is 0 Å². The van der Waals surface area contributed by atoms with Gasteiger partial charge in [0.25, 0.3) is 6.43 Å². The molecule has 3 atom stereocenters. The van der Waals surface area contributed by atoms with Crippen LogP contribution in [-0.4, -0.2) is 58.3 Å². The molecule has 1 N–H and O–H groups in total. The van der Waals surface area contributed by atoms with Crippen LogP contribution < -0.4 is 4.90 Å². The second kappa shape index (κ2) is 11.7. The highest BCUT2D eigenvalue weighted by Gasteiger charge is 2.35. The Morgan fingerprint density at radius 2 is 1.98 bits per heavy atom. The fraction of sp³-hybridized carbons (Fsp3) is 0.400. The molecule has 0 bridgehead atoms. The number of aliphatic carboxylic acids is 1. The van der Waals surface area contributed by atoms with Crippen molar-refractivity contribution in [3.8, 4) is 0 Å². The maximum absolute atomic E-state index is 14.3. The predicted octanol–water partition coefficient (Wildman–Crippen LogP) is 5.32. The first-order valence-electron chi connectivity index (χ1n) is 14.1. The van der Waals surface area contributed by atoms with Crippen LogP contribution in [0, 0.1) is 19.7 Å². The van der Waals surface area contributed by atoms with E-state index in [1.165, 1.54) is 22.9 Å². The van der Waals surface area contributed by atoms with Crippen molar-refractivity contribution in [1.29, 1.82) is 0 Å². The lowest BCUT2D eigenvalue weighted by molar-refractivity contribution is -0.137. The van der Waals surface area contributed by atoms with Gasteiger partial charge in [0.2, 0.25) is 5.82 Å². The third kappa shape index (κ3) is 5.51. The Morgan fingerprint density at radius 1 is 1.16 bits per heavy atom. The van der Waals surface area contributed by atoms with Crippen LogP contribution in [0.15, 0.2) is 47.6 Å². The Labute approximate surface area is 249 Å². The Kier molecular flexibility index (Phi) is 7.94. The number of alkyl halides is 2. The molecule has 43 heavy (non-hydrogen) atoms. The van der Waals surface area contributed by atoms with Crippen molar-refractivity contribution in [1.82, 2.24) is 23.9 Å². The summed E-state index contributed by atoms with van der Waals surface area (Å²) in [4.78, 5) is 18.9. The molecular formula is C30H31F3N6O3S. The average molecular weight is 613 g/mol. The van der Waals surface area contributed by atoms with Crippen LogP contribution in [0.1, 0.15) is 71.7 Å². The lowest BCUT2D eigenvalue weighted by atomic mass is 9.85. The molecule has 0 saturated carbocycles. The number of aryl methyl sites for hydroxylation is 2. The second-order valence-electron chi connectivity index (χ2n) is 11.2. The largest absolute Gasteiger partial charge is 0.481 e. The summed E-state index contributed by atoms with van der Waals surface area (Å²) < 4.78 is 58.1. The maximum atomic E-state index is 14.3. The van der Waals surface area contributed by atoms with Crippen molar-refractivity contribution in [3.05, 3.63) is 82.2 Å². The van der Waals surface area contributed by atoms with Gasteiger partial charge in [-0.1, -0.05) is 18.2 Å². The molecule has 226 valence electrons. The minimum Gasteiger partial charge on any atom is -0.481 e. The van der Waals surface area contributed by atoms with Gasteiger partial charge in [0, 0.05) is 37.8 Å². The summed E-state index contributed by atoms with van der Waals surface area (Å²) in [6.07, 6.45) is 2.50. The number of fused-ring (bicyclic) bond motifs is 4. The average Bonchev–Trinajstić information content (AvgIpc) is 3.38. The number of carboxylic acids is 1.